The van der Waals surface area contributed by atoms with Crippen molar-refractivity contribution in [2.45, 2.75) is 6.54 Å². The van der Waals surface area contributed by atoms with E-state index < -0.39 is 0 Å². The van der Waals surface area contributed by atoms with Crippen LogP contribution in [0.2, 0.25) is 0 Å². The Bertz CT molecular complexity index is 915. The molecule has 0 atom stereocenters. The van der Waals surface area contributed by atoms with Crippen molar-refractivity contribution in [2.75, 3.05) is 39.4 Å². The summed E-state index contributed by atoms with van der Waals surface area (Å²) in [5.41, 5.74) is 1.93. The van der Waals surface area contributed by atoms with Gasteiger partial charge < -0.3 is 9.64 Å². The average molecular weight is 374 g/mol. The standard InChI is InChI=1S/C24H26N2O2/c27-24(23-12-6-10-21-9-4-5-11-22(21)23)26(19-20-7-2-1-3-8-20)14-13-25-15-17-28-18-16-25/h1-12H,13-19H2. The molecule has 1 saturated heterocycles. The van der Waals surface area contributed by atoms with Gasteiger partial charge in [0.05, 0.1) is 13.2 Å². The third kappa shape index (κ3) is 4.41. The molecule has 1 fully saturated rings. The van der Waals surface area contributed by atoms with Gasteiger partial charge in [-0.3, -0.25) is 9.69 Å². The minimum absolute atomic E-state index is 0.0916. The second kappa shape index (κ2) is 9.00. The first kappa shape index (κ1) is 18.7. The molecule has 0 aromatic heterocycles. The van der Waals surface area contributed by atoms with Crippen molar-refractivity contribution in [2.24, 2.45) is 0 Å². The zero-order valence-electron chi connectivity index (χ0n) is 16.1. The lowest BCUT2D eigenvalue weighted by molar-refractivity contribution is 0.0320. The Morgan fingerprint density at radius 1 is 0.893 bits per heavy atom. The first-order valence-electron chi connectivity index (χ1n) is 9.92. The number of nitrogens with zero attached hydrogens (tertiary/aromatic N) is 2. The van der Waals surface area contributed by atoms with Crippen LogP contribution in [0.3, 0.4) is 0 Å². The Labute approximate surface area is 166 Å². The van der Waals surface area contributed by atoms with Crippen molar-refractivity contribution in [1.29, 1.82) is 0 Å². The summed E-state index contributed by atoms with van der Waals surface area (Å²) in [6, 6.07) is 24.3. The number of rotatable bonds is 6. The molecule has 0 aliphatic carbocycles. The van der Waals surface area contributed by atoms with Crippen LogP contribution in [0.5, 0.6) is 0 Å². The molecule has 1 aliphatic heterocycles. The molecule has 1 aliphatic rings. The monoisotopic (exact) mass is 374 g/mol. The zero-order valence-corrected chi connectivity index (χ0v) is 16.1. The highest BCUT2D eigenvalue weighted by Gasteiger charge is 2.20. The molecular formula is C24H26N2O2. The summed E-state index contributed by atoms with van der Waals surface area (Å²) in [5.74, 6) is 0.0916. The lowest BCUT2D eigenvalue weighted by Gasteiger charge is -2.30. The summed E-state index contributed by atoms with van der Waals surface area (Å²) in [7, 11) is 0. The fourth-order valence-corrected chi connectivity index (χ4v) is 3.73. The van der Waals surface area contributed by atoms with Crippen LogP contribution in [-0.4, -0.2) is 55.1 Å². The van der Waals surface area contributed by atoms with Crippen LogP contribution >= 0.6 is 0 Å². The maximum absolute atomic E-state index is 13.5. The lowest BCUT2D eigenvalue weighted by atomic mass is 10.0. The fourth-order valence-electron chi connectivity index (χ4n) is 3.73. The molecular weight excluding hydrogens is 348 g/mol. The second-order valence-corrected chi connectivity index (χ2v) is 7.19. The van der Waals surface area contributed by atoms with Crippen molar-refractivity contribution >= 4 is 16.7 Å². The molecule has 0 N–H and O–H groups in total. The number of carbonyl (C=O) groups excluding carboxylic acids is 1. The van der Waals surface area contributed by atoms with Gasteiger partial charge in [0.25, 0.3) is 5.91 Å². The summed E-state index contributed by atoms with van der Waals surface area (Å²) in [6.45, 7) is 5.60. The summed E-state index contributed by atoms with van der Waals surface area (Å²) < 4.78 is 5.44. The Balaban J connectivity index is 1.58. The van der Waals surface area contributed by atoms with Crippen molar-refractivity contribution in [1.82, 2.24) is 9.80 Å². The van der Waals surface area contributed by atoms with E-state index in [1.54, 1.807) is 0 Å². The van der Waals surface area contributed by atoms with Crippen LogP contribution in [0.25, 0.3) is 10.8 Å². The van der Waals surface area contributed by atoms with E-state index >= 15 is 0 Å². The minimum atomic E-state index is 0.0916. The van der Waals surface area contributed by atoms with Gasteiger partial charge in [-0.2, -0.15) is 0 Å². The molecule has 1 heterocycles. The predicted molar refractivity (Wildman–Crippen MR) is 112 cm³/mol. The number of fused-ring (bicyclic) bond motifs is 1. The van der Waals surface area contributed by atoms with E-state index in [9.17, 15) is 4.79 Å². The van der Waals surface area contributed by atoms with E-state index in [0.717, 1.165) is 54.7 Å². The maximum atomic E-state index is 13.5. The van der Waals surface area contributed by atoms with Crippen molar-refractivity contribution in [3.63, 3.8) is 0 Å². The Kier molecular flexibility index (Phi) is 6.00. The van der Waals surface area contributed by atoms with Crippen LogP contribution in [0.1, 0.15) is 15.9 Å². The number of ether oxygens (including phenoxy) is 1. The fraction of sp³-hybridized carbons (Fsp3) is 0.292. The van der Waals surface area contributed by atoms with Gasteiger partial charge in [-0.05, 0) is 22.4 Å². The molecule has 4 rings (SSSR count). The van der Waals surface area contributed by atoms with Gasteiger partial charge in [0.2, 0.25) is 0 Å². The van der Waals surface area contributed by atoms with Crippen molar-refractivity contribution in [3.8, 4) is 0 Å². The number of hydrogen-bond acceptors (Lipinski definition) is 3. The van der Waals surface area contributed by atoms with Gasteiger partial charge in [0, 0.05) is 38.3 Å². The van der Waals surface area contributed by atoms with Gasteiger partial charge in [-0.15, -0.1) is 0 Å². The summed E-state index contributed by atoms with van der Waals surface area (Å²) in [4.78, 5) is 17.9. The largest absolute Gasteiger partial charge is 0.379 e. The van der Waals surface area contributed by atoms with Gasteiger partial charge in [-0.25, -0.2) is 0 Å². The van der Waals surface area contributed by atoms with Crippen LogP contribution in [0.15, 0.2) is 72.8 Å². The van der Waals surface area contributed by atoms with Gasteiger partial charge in [0.15, 0.2) is 0 Å². The summed E-state index contributed by atoms with van der Waals surface area (Å²) >= 11 is 0. The smallest absolute Gasteiger partial charge is 0.254 e. The number of carbonyl (C=O) groups is 1. The third-order valence-electron chi connectivity index (χ3n) is 5.31. The predicted octanol–water partition coefficient (Wildman–Crippen LogP) is 3.81. The molecule has 0 radical (unpaired) electrons. The van der Waals surface area contributed by atoms with Gasteiger partial charge >= 0.3 is 0 Å². The van der Waals surface area contributed by atoms with E-state index in [1.807, 2.05) is 53.4 Å². The first-order chi connectivity index (χ1) is 13.8. The summed E-state index contributed by atoms with van der Waals surface area (Å²) in [6.07, 6.45) is 0. The quantitative estimate of drug-likeness (QED) is 0.658. The summed E-state index contributed by atoms with van der Waals surface area (Å²) in [5, 5.41) is 2.11. The molecule has 0 spiro atoms. The van der Waals surface area contributed by atoms with Gasteiger partial charge in [0.1, 0.15) is 0 Å². The molecule has 0 bridgehead atoms. The lowest BCUT2D eigenvalue weighted by Crippen LogP contribution is -2.43. The molecule has 3 aromatic carbocycles. The minimum Gasteiger partial charge on any atom is -0.379 e. The van der Waals surface area contributed by atoms with Crippen LogP contribution in [-0.2, 0) is 11.3 Å². The Hall–Kier alpha value is -2.69. The maximum Gasteiger partial charge on any atom is 0.254 e. The third-order valence-corrected chi connectivity index (χ3v) is 5.31. The topological polar surface area (TPSA) is 32.8 Å². The Morgan fingerprint density at radius 3 is 2.43 bits per heavy atom. The van der Waals surface area contributed by atoms with Crippen molar-refractivity contribution in [3.05, 3.63) is 83.9 Å². The van der Waals surface area contributed by atoms with Crippen LogP contribution < -0.4 is 0 Å². The molecule has 0 saturated carbocycles. The van der Waals surface area contributed by atoms with E-state index in [1.165, 1.54) is 0 Å². The molecule has 28 heavy (non-hydrogen) atoms. The highest BCUT2D eigenvalue weighted by Crippen LogP contribution is 2.21. The number of hydrogen-bond donors (Lipinski definition) is 0. The van der Waals surface area contributed by atoms with Crippen molar-refractivity contribution < 1.29 is 9.53 Å². The first-order valence-corrected chi connectivity index (χ1v) is 9.92. The second-order valence-electron chi connectivity index (χ2n) is 7.19. The molecule has 1 amide bonds. The van der Waals surface area contributed by atoms with E-state index in [-0.39, 0.29) is 5.91 Å². The number of morpholine rings is 1. The van der Waals surface area contributed by atoms with Gasteiger partial charge in [-0.1, -0.05) is 66.7 Å². The van der Waals surface area contributed by atoms with Crippen LogP contribution in [0, 0.1) is 0 Å². The molecule has 4 heteroatoms. The van der Waals surface area contributed by atoms with Crippen LogP contribution in [0.4, 0.5) is 0 Å². The highest BCUT2D eigenvalue weighted by molar-refractivity contribution is 6.07. The Morgan fingerprint density at radius 2 is 1.61 bits per heavy atom. The molecule has 0 unspecified atom stereocenters. The molecule has 3 aromatic rings. The highest BCUT2D eigenvalue weighted by atomic mass is 16.5. The number of amides is 1. The number of benzene rings is 3. The molecule has 144 valence electrons. The SMILES string of the molecule is O=C(c1cccc2ccccc12)N(CCN1CCOCC1)Cc1ccccc1. The average Bonchev–Trinajstić information content (AvgIpc) is 2.77. The van der Waals surface area contributed by atoms with E-state index in [0.29, 0.717) is 13.1 Å². The zero-order chi connectivity index (χ0) is 19.2. The molecule has 4 nitrogen and oxygen atoms in total. The van der Waals surface area contributed by atoms with E-state index in [2.05, 4.69) is 29.2 Å². The van der Waals surface area contributed by atoms with E-state index in [4.69, 9.17) is 4.74 Å². The normalized spacial score (nSPS) is 14.9.